The molecule has 0 saturated carbocycles. The molecule has 0 spiro atoms. The molecule has 1 fully saturated rings. The molecule has 0 unspecified atom stereocenters. The Bertz CT molecular complexity index is 1060. The van der Waals surface area contributed by atoms with Gasteiger partial charge in [-0.25, -0.2) is 4.98 Å². The molecule has 1 amide bonds. The summed E-state index contributed by atoms with van der Waals surface area (Å²) in [5.41, 5.74) is 2.39. The van der Waals surface area contributed by atoms with E-state index in [1.807, 2.05) is 54.4 Å². The highest BCUT2D eigenvalue weighted by molar-refractivity contribution is 5.95. The summed E-state index contributed by atoms with van der Waals surface area (Å²) in [4.78, 5) is 26.4. The number of carbonyl (C=O) groups is 1. The minimum absolute atomic E-state index is 0.00954. The van der Waals surface area contributed by atoms with Crippen LogP contribution in [0.4, 0.5) is 5.82 Å². The Balaban J connectivity index is 1.41. The molecule has 32 heavy (non-hydrogen) atoms. The van der Waals surface area contributed by atoms with Crippen LogP contribution in [0.15, 0.2) is 48.7 Å². The smallest absolute Gasteiger partial charge is 0.254 e. The molecule has 1 aliphatic rings. The molecule has 2 heterocycles. The van der Waals surface area contributed by atoms with E-state index >= 15 is 0 Å². The summed E-state index contributed by atoms with van der Waals surface area (Å²) in [5.74, 6) is 2.18. The number of piperazine rings is 1. The predicted molar refractivity (Wildman–Crippen MR) is 126 cm³/mol. The fraction of sp³-hybridized carbons (Fsp3) is 0.400. The van der Waals surface area contributed by atoms with E-state index < -0.39 is 0 Å². The lowest BCUT2D eigenvalue weighted by Gasteiger charge is -2.35. The minimum atomic E-state index is 0.00954. The topological polar surface area (TPSA) is 67.8 Å². The Morgan fingerprint density at radius 1 is 0.969 bits per heavy atom. The molecule has 7 nitrogen and oxygen atoms in total. The lowest BCUT2D eigenvalue weighted by atomic mass is 10.1. The monoisotopic (exact) mass is 434 g/mol. The molecule has 1 saturated heterocycles. The van der Waals surface area contributed by atoms with Crippen molar-refractivity contribution in [1.82, 2.24) is 14.9 Å². The summed E-state index contributed by atoms with van der Waals surface area (Å²) in [7, 11) is 0. The van der Waals surface area contributed by atoms with Gasteiger partial charge in [0, 0.05) is 31.7 Å². The van der Waals surface area contributed by atoms with E-state index in [-0.39, 0.29) is 5.91 Å². The molecule has 3 aromatic rings. The third kappa shape index (κ3) is 4.93. The number of amides is 1. The van der Waals surface area contributed by atoms with Gasteiger partial charge in [0.1, 0.15) is 5.82 Å². The first-order chi connectivity index (χ1) is 15.7. The third-order valence-corrected chi connectivity index (χ3v) is 5.57. The number of anilines is 1. The number of hydrogen-bond donors (Lipinski definition) is 0. The molecule has 0 aliphatic carbocycles. The first-order valence-electron chi connectivity index (χ1n) is 11.3. The second-order valence-electron chi connectivity index (χ2n) is 7.79. The Labute approximate surface area is 189 Å². The zero-order chi connectivity index (χ0) is 22.3. The van der Waals surface area contributed by atoms with E-state index in [2.05, 4.69) is 16.8 Å². The van der Waals surface area contributed by atoms with E-state index in [0.717, 1.165) is 42.8 Å². The van der Waals surface area contributed by atoms with Gasteiger partial charge in [-0.3, -0.25) is 9.78 Å². The molecular weight excluding hydrogens is 404 g/mol. The summed E-state index contributed by atoms with van der Waals surface area (Å²) >= 11 is 0. The summed E-state index contributed by atoms with van der Waals surface area (Å²) < 4.78 is 11.6. The predicted octanol–water partition coefficient (Wildman–Crippen LogP) is 4.17. The highest BCUT2D eigenvalue weighted by Gasteiger charge is 2.24. The van der Waals surface area contributed by atoms with Crippen LogP contribution < -0.4 is 14.4 Å². The maximum atomic E-state index is 13.1. The van der Waals surface area contributed by atoms with Gasteiger partial charge in [-0.2, -0.15) is 0 Å². The van der Waals surface area contributed by atoms with Crippen LogP contribution in [-0.2, 0) is 0 Å². The van der Waals surface area contributed by atoms with E-state index in [0.29, 0.717) is 43.4 Å². The van der Waals surface area contributed by atoms with Crippen LogP contribution in [0.5, 0.6) is 11.5 Å². The van der Waals surface area contributed by atoms with Crippen LogP contribution in [0, 0.1) is 0 Å². The van der Waals surface area contributed by atoms with Crippen molar-refractivity contribution in [2.45, 2.75) is 26.7 Å². The summed E-state index contributed by atoms with van der Waals surface area (Å²) in [6.07, 6.45) is 3.86. The van der Waals surface area contributed by atoms with Crippen LogP contribution in [0.1, 0.15) is 37.0 Å². The number of para-hydroxylation sites is 2. The van der Waals surface area contributed by atoms with Gasteiger partial charge in [0.2, 0.25) is 0 Å². The minimum Gasteiger partial charge on any atom is -0.490 e. The van der Waals surface area contributed by atoms with Crippen molar-refractivity contribution in [3.8, 4) is 11.5 Å². The maximum Gasteiger partial charge on any atom is 0.254 e. The molecular formula is C25H30N4O3. The maximum absolute atomic E-state index is 13.1. The summed E-state index contributed by atoms with van der Waals surface area (Å²) in [5, 5.41) is 0. The van der Waals surface area contributed by atoms with Crippen molar-refractivity contribution >= 4 is 22.8 Å². The van der Waals surface area contributed by atoms with Gasteiger partial charge < -0.3 is 19.3 Å². The van der Waals surface area contributed by atoms with Crippen LogP contribution in [0.2, 0.25) is 0 Å². The van der Waals surface area contributed by atoms with Gasteiger partial charge in [0.25, 0.3) is 5.91 Å². The zero-order valence-electron chi connectivity index (χ0n) is 18.8. The molecule has 0 atom stereocenters. The number of rotatable bonds is 8. The summed E-state index contributed by atoms with van der Waals surface area (Å²) in [6, 6.07) is 13.3. The van der Waals surface area contributed by atoms with Gasteiger partial charge in [0.05, 0.1) is 30.4 Å². The van der Waals surface area contributed by atoms with E-state index in [1.54, 1.807) is 6.07 Å². The first-order valence-corrected chi connectivity index (χ1v) is 11.3. The van der Waals surface area contributed by atoms with Crippen molar-refractivity contribution < 1.29 is 14.3 Å². The van der Waals surface area contributed by atoms with Crippen molar-refractivity contribution in [1.29, 1.82) is 0 Å². The summed E-state index contributed by atoms with van der Waals surface area (Å²) in [6.45, 7) is 7.92. The van der Waals surface area contributed by atoms with Crippen molar-refractivity contribution in [2.24, 2.45) is 0 Å². The number of carbonyl (C=O) groups excluding carboxylic acids is 1. The van der Waals surface area contributed by atoms with Gasteiger partial charge in [-0.1, -0.05) is 25.5 Å². The lowest BCUT2D eigenvalue weighted by Crippen LogP contribution is -2.49. The molecule has 1 aromatic heterocycles. The number of benzene rings is 2. The van der Waals surface area contributed by atoms with Crippen LogP contribution in [0.25, 0.3) is 11.0 Å². The van der Waals surface area contributed by atoms with E-state index in [4.69, 9.17) is 14.5 Å². The molecule has 168 valence electrons. The molecule has 7 heteroatoms. The van der Waals surface area contributed by atoms with Gasteiger partial charge >= 0.3 is 0 Å². The number of ether oxygens (including phenoxy) is 2. The van der Waals surface area contributed by atoms with Crippen LogP contribution >= 0.6 is 0 Å². The highest BCUT2D eigenvalue weighted by atomic mass is 16.5. The molecule has 4 rings (SSSR count). The number of unbranched alkanes of at least 4 members (excludes halogenated alkanes) is 1. The normalized spacial score (nSPS) is 13.9. The molecule has 1 aliphatic heterocycles. The number of fused-ring (bicyclic) bond motifs is 1. The zero-order valence-corrected chi connectivity index (χ0v) is 18.8. The SMILES string of the molecule is CCCCOc1ccc(C(=O)N2CCN(c3cnc4ccccc4n3)CC2)cc1OCC. The molecule has 0 N–H and O–H groups in total. The number of hydrogen-bond acceptors (Lipinski definition) is 6. The molecule has 0 bridgehead atoms. The second-order valence-corrected chi connectivity index (χ2v) is 7.79. The standard InChI is InChI=1S/C25H30N4O3/c1-3-5-16-32-22-11-10-19(17-23(22)31-4-2)25(30)29-14-12-28(13-15-29)24-18-26-20-8-6-7-9-21(20)27-24/h6-11,17-18H,3-5,12-16H2,1-2H3. The Hall–Kier alpha value is -3.35. The van der Waals surface area contributed by atoms with Crippen LogP contribution in [0.3, 0.4) is 0 Å². The highest BCUT2D eigenvalue weighted by Crippen LogP contribution is 2.29. The number of aromatic nitrogens is 2. The Kier molecular flexibility index (Phi) is 7.04. The average molecular weight is 435 g/mol. The van der Waals surface area contributed by atoms with Gasteiger partial charge in [0.15, 0.2) is 11.5 Å². The third-order valence-electron chi connectivity index (χ3n) is 5.57. The van der Waals surface area contributed by atoms with E-state index in [9.17, 15) is 4.79 Å². The molecule has 0 radical (unpaired) electrons. The number of nitrogens with zero attached hydrogens (tertiary/aromatic N) is 4. The van der Waals surface area contributed by atoms with Crippen molar-refractivity contribution in [2.75, 3.05) is 44.3 Å². The fourth-order valence-electron chi connectivity index (χ4n) is 3.78. The van der Waals surface area contributed by atoms with Gasteiger partial charge in [-0.15, -0.1) is 0 Å². The Morgan fingerprint density at radius 2 is 1.75 bits per heavy atom. The Morgan fingerprint density at radius 3 is 2.50 bits per heavy atom. The largest absolute Gasteiger partial charge is 0.490 e. The van der Waals surface area contributed by atoms with E-state index in [1.165, 1.54) is 0 Å². The molecule has 2 aromatic carbocycles. The van der Waals surface area contributed by atoms with Crippen LogP contribution in [-0.4, -0.2) is 60.2 Å². The quantitative estimate of drug-likeness (QED) is 0.496. The van der Waals surface area contributed by atoms with Crippen molar-refractivity contribution in [3.05, 3.63) is 54.2 Å². The first kappa shape index (κ1) is 21.9. The van der Waals surface area contributed by atoms with Crippen molar-refractivity contribution in [3.63, 3.8) is 0 Å². The lowest BCUT2D eigenvalue weighted by molar-refractivity contribution is 0.0746. The second kappa shape index (κ2) is 10.3. The average Bonchev–Trinajstić information content (AvgIpc) is 2.84. The van der Waals surface area contributed by atoms with Gasteiger partial charge in [-0.05, 0) is 43.7 Å². The fourth-order valence-corrected chi connectivity index (χ4v) is 3.78.